The molecule has 0 bridgehead atoms. The zero-order valence-electron chi connectivity index (χ0n) is 10.0. The van der Waals surface area contributed by atoms with Crippen molar-refractivity contribution in [1.29, 1.82) is 0 Å². The van der Waals surface area contributed by atoms with E-state index in [9.17, 15) is 0 Å². The summed E-state index contributed by atoms with van der Waals surface area (Å²) in [6, 6.07) is 5.48. The summed E-state index contributed by atoms with van der Waals surface area (Å²) >= 11 is 0. The van der Waals surface area contributed by atoms with E-state index in [1.807, 2.05) is 18.2 Å². The van der Waals surface area contributed by atoms with Crippen molar-refractivity contribution in [2.75, 3.05) is 20.3 Å². The molecule has 2 rings (SSSR count). The highest BCUT2D eigenvalue weighted by Crippen LogP contribution is 2.30. The second-order valence-electron chi connectivity index (χ2n) is 4.07. The van der Waals surface area contributed by atoms with Crippen LogP contribution in [-0.2, 0) is 11.3 Å². The standard InChI is InChI=1S/C13H18O4/c1-15-12-3-2-10(9-14)8-13(12)17-11-4-6-16-7-5-11/h2-3,8,11,14H,4-7,9H2,1H3. The van der Waals surface area contributed by atoms with E-state index in [1.54, 1.807) is 7.11 Å². The fourth-order valence-corrected chi connectivity index (χ4v) is 1.88. The van der Waals surface area contributed by atoms with Crippen molar-refractivity contribution in [2.24, 2.45) is 0 Å². The minimum absolute atomic E-state index is 0.00807. The molecule has 1 aliphatic rings. The number of aliphatic hydroxyl groups is 1. The van der Waals surface area contributed by atoms with Gasteiger partial charge in [-0.15, -0.1) is 0 Å². The van der Waals surface area contributed by atoms with Gasteiger partial charge < -0.3 is 19.3 Å². The molecule has 0 spiro atoms. The van der Waals surface area contributed by atoms with Gasteiger partial charge in [-0.3, -0.25) is 0 Å². The first-order valence-corrected chi connectivity index (χ1v) is 5.85. The SMILES string of the molecule is COc1ccc(CO)cc1OC1CCOCC1. The van der Waals surface area contributed by atoms with Gasteiger partial charge in [-0.05, 0) is 17.7 Å². The van der Waals surface area contributed by atoms with Gasteiger partial charge in [0.1, 0.15) is 6.10 Å². The van der Waals surface area contributed by atoms with E-state index < -0.39 is 0 Å². The molecule has 0 unspecified atom stereocenters. The minimum atomic E-state index is 0.00807. The van der Waals surface area contributed by atoms with Gasteiger partial charge in [-0.25, -0.2) is 0 Å². The molecule has 0 aliphatic carbocycles. The fourth-order valence-electron chi connectivity index (χ4n) is 1.88. The molecule has 1 aliphatic heterocycles. The molecule has 1 fully saturated rings. The lowest BCUT2D eigenvalue weighted by molar-refractivity contribution is 0.0245. The topological polar surface area (TPSA) is 47.9 Å². The summed E-state index contributed by atoms with van der Waals surface area (Å²) in [4.78, 5) is 0. The second-order valence-corrected chi connectivity index (χ2v) is 4.07. The number of hydrogen-bond acceptors (Lipinski definition) is 4. The third kappa shape index (κ3) is 3.11. The Balaban J connectivity index is 2.11. The zero-order chi connectivity index (χ0) is 12.1. The van der Waals surface area contributed by atoms with Crippen molar-refractivity contribution in [2.45, 2.75) is 25.6 Å². The van der Waals surface area contributed by atoms with Crippen LogP contribution in [-0.4, -0.2) is 31.5 Å². The second kappa shape index (κ2) is 5.89. The van der Waals surface area contributed by atoms with Gasteiger partial charge in [-0.2, -0.15) is 0 Å². The Morgan fingerprint density at radius 2 is 2.06 bits per heavy atom. The molecule has 1 saturated heterocycles. The fraction of sp³-hybridized carbons (Fsp3) is 0.538. The lowest BCUT2D eigenvalue weighted by Gasteiger charge is -2.24. The molecule has 4 heteroatoms. The van der Waals surface area contributed by atoms with E-state index in [1.165, 1.54) is 0 Å². The molecule has 4 nitrogen and oxygen atoms in total. The Bertz CT molecular complexity index is 358. The quantitative estimate of drug-likeness (QED) is 0.868. The summed E-state index contributed by atoms with van der Waals surface area (Å²) in [6.45, 7) is 1.49. The van der Waals surface area contributed by atoms with Crippen molar-refractivity contribution < 1.29 is 19.3 Å². The zero-order valence-corrected chi connectivity index (χ0v) is 10.0. The summed E-state index contributed by atoms with van der Waals surface area (Å²) in [5.41, 5.74) is 0.827. The number of ether oxygens (including phenoxy) is 3. The summed E-state index contributed by atoms with van der Waals surface area (Å²) < 4.78 is 16.4. The van der Waals surface area contributed by atoms with Crippen LogP contribution in [0, 0.1) is 0 Å². The Labute approximate surface area is 101 Å². The van der Waals surface area contributed by atoms with Crippen LogP contribution in [0.25, 0.3) is 0 Å². The van der Waals surface area contributed by atoms with E-state index in [-0.39, 0.29) is 12.7 Å². The third-order valence-corrected chi connectivity index (χ3v) is 2.87. The van der Waals surface area contributed by atoms with Crippen LogP contribution in [0.3, 0.4) is 0 Å². The largest absolute Gasteiger partial charge is 0.493 e. The van der Waals surface area contributed by atoms with E-state index in [0.717, 1.165) is 31.6 Å². The maximum absolute atomic E-state index is 9.12. The number of aliphatic hydroxyl groups excluding tert-OH is 1. The van der Waals surface area contributed by atoms with E-state index in [4.69, 9.17) is 19.3 Å². The molecule has 0 amide bonds. The highest BCUT2D eigenvalue weighted by Gasteiger charge is 2.17. The van der Waals surface area contributed by atoms with Gasteiger partial charge in [0.25, 0.3) is 0 Å². The Morgan fingerprint density at radius 1 is 1.29 bits per heavy atom. The van der Waals surface area contributed by atoms with Crippen LogP contribution < -0.4 is 9.47 Å². The minimum Gasteiger partial charge on any atom is -0.493 e. The lowest BCUT2D eigenvalue weighted by atomic mass is 10.1. The molecule has 94 valence electrons. The predicted molar refractivity (Wildman–Crippen MR) is 63.4 cm³/mol. The highest BCUT2D eigenvalue weighted by molar-refractivity contribution is 5.42. The summed E-state index contributed by atoms with van der Waals surface area (Å²) in [5.74, 6) is 1.40. The maximum Gasteiger partial charge on any atom is 0.161 e. The van der Waals surface area contributed by atoms with Gasteiger partial charge in [0.2, 0.25) is 0 Å². The Morgan fingerprint density at radius 3 is 2.71 bits per heavy atom. The molecule has 1 aromatic rings. The van der Waals surface area contributed by atoms with Crippen molar-refractivity contribution in [3.05, 3.63) is 23.8 Å². The van der Waals surface area contributed by atoms with Gasteiger partial charge in [0.05, 0.1) is 26.9 Å². The number of methoxy groups -OCH3 is 1. The first-order valence-electron chi connectivity index (χ1n) is 5.85. The van der Waals surface area contributed by atoms with Crippen LogP contribution in [0.1, 0.15) is 18.4 Å². The van der Waals surface area contributed by atoms with Crippen molar-refractivity contribution in [3.8, 4) is 11.5 Å². The maximum atomic E-state index is 9.12. The molecular formula is C13H18O4. The first kappa shape index (κ1) is 12.2. The third-order valence-electron chi connectivity index (χ3n) is 2.87. The Hall–Kier alpha value is -1.26. The summed E-state index contributed by atoms with van der Waals surface area (Å²) in [6.07, 6.45) is 1.96. The van der Waals surface area contributed by atoms with Crippen LogP contribution >= 0.6 is 0 Å². The molecule has 1 N–H and O–H groups in total. The van der Waals surface area contributed by atoms with E-state index >= 15 is 0 Å². The molecule has 1 aromatic carbocycles. The van der Waals surface area contributed by atoms with Gasteiger partial charge in [-0.1, -0.05) is 6.07 Å². The molecule has 0 saturated carbocycles. The van der Waals surface area contributed by atoms with E-state index in [2.05, 4.69) is 0 Å². The van der Waals surface area contributed by atoms with Crippen LogP contribution in [0.5, 0.6) is 11.5 Å². The lowest BCUT2D eigenvalue weighted by Crippen LogP contribution is -2.26. The molecule has 0 radical (unpaired) electrons. The van der Waals surface area contributed by atoms with Crippen molar-refractivity contribution in [3.63, 3.8) is 0 Å². The van der Waals surface area contributed by atoms with E-state index in [0.29, 0.717) is 11.5 Å². The number of hydrogen-bond donors (Lipinski definition) is 1. The van der Waals surface area contributed by atoms with Crippen LogP contribution in [0.4, 0.5) is 0 Å². The average molecular weight is 238 g/mol. The predicted octanol–water partition coefficient (Wildman–Crippen LogP) is 1.75. The average Bonchev–Trinajstić information content (AvgIpc) is 2.40. The summed E-state index contributed by atoms with van der Waals surface area (Å²) in [5, 5.41) is 9.12. The molecule has 17 heavy (non-hydrogen) atoms. The van der Waals surface area contributed by atoms with Crippen LogP contribution in [0.15, 0.2) is 18.2 Å². The monoisotopic (exact) mass is 238 g/mol. The number of benzene rings is 1. The van der Waals surface area contributed by atoms with Crippen molar-refractivity contribution >= 4 is 0 Å². The first-order chi connectivity index (χ1) is 8.33. The van der Waals surface area contributed by atoms with Crippen molar-refractivity contribution in [1.82, 2.24) is 0 Å². The normalized spacial score (nSPS) is 16.8. The molecule has 1 heterocycles. The van der Waals surface area contributed by atoms with Gasteiger partial charge in [0.15, 0.2) is 11.5 Å². The van der Waals surface area contributed by atoms with Gasteiger partial charge in [0, 0.05) is 12.8 Å². The summed E-state index contributed by atoms with van der Waals surface area (Å²) in [7, 11) is 1.62. The molecular weight excluding hydrogens is 220 g/mol. The molecule has 0 atom stereocenters. The number of rotatable bonds is 4. The van der Waals surface area contributed by atoms with Crippen LogP contribution in [0.2, 0.25) is 0 Å². The Kier molecular flexibility index (Phi) is 4.23. The molecule has 0 aromatic heterocycles. The van der Waals surface area contributed by atoms with Gasteiger partial charge >= 0.3 is 0 Å². The smallest absolute Gasteiger partial charge is 0.161 e. The highest BCUT2D eigenvalue weighted by atomic mass is 16.5.